The molecule has 0 aromatic carbocycles. The summed E-state index contributed by atoms with van der Waals surface area (Å²) in [5.41, 5.74) is 0. The van der Waals surface area contributed by atoms with E-state index in [4.69, 9.17) is 9.84 Å². The van der Waals surface area contributed by atoms with Crippen LogP contribution in [0.3, 0.4) is 0 Å². The third kappa shape index (κ3) is 6.06. The molecule has 14 heavy (non-hydrogen) atoms. The first kappa shape index (κ1) is 15.4. The Morgan fingerprint density at radius 2 is 2.07 bits per heavy atom. The van der Waals surface area contributed by atoms with Crippen LogP contribution >= 0.6 is 0 Å². The summed E-state index contributed by atoms with van der Waals surface area (Å²) in [5.74, 6) is 0. The van der Waals surface area contributed by atoms with E-state index < -0.39 is 19.5 Å². The van der Waals surface area contributed by atoms with E-state index in [1.165, 1.54) is 4.90 Å². The molecule has 8 heteroatoms. The monoisotopic (exact) mass is 237 g/mol. The van der Waals surface area contributed by atoms with Crippen molar-refractivity contribution in [3.63, 3.8) is 0 Å². The van der Waals surface area contributed by atoms with Crippen LogP contribution in [-0.2, 0) is 4.74 Å². The van der Waals surface area contributed by atoms with Crippen molar-refractivity contribution in [3.8, 4) is 0 Å². The van der Waals surface area contributed by atoms with E-state index in [1.54, 1.807) is 0 Å². The van der Waals surface area contributed by atoms with Crippen LogP contribution in [0.1, 0.15) is 0 Å². The summed E-state index contributed by atoms with van der Waals surface area (Å²) in [7, 11) is 0. The number of hydrogen-bond donors (Lipinski definition) is 1. The van der Waals surface area contributed by atoms with E-state index >= 15 is 0 Å². The van der Waals surface area contributed by atoms with E-state index in [2.05, 4.69) is 0 Å². The van der Waals surface area contributed by atoms with Crippen LogP contribution in [0.15, 0.2) is 0 Å². The van der Waals surface area contributed by atoms with Gasteiger partial charge in [0.2, 0.25) is 0 Å². The number of ether oxygens (including phenoxy) is 1. The van der Waals surface area contributed by atoms with Gasteiger partial charge in [-0.1, -0.05) is 0 Å². The second kappa shape index (κ2) is 6.85. The molecule has 0 aliphatic carbocycles. The summed E-state index contributed by atoms with van der Waals surface area (Å²) < 4.78 is 41.0. The van der Waals surface area contributed by atoms with Crippen LogP contribution in [0, 0.1) is 0 Å². The average molecular weight is 237 g/mol. The fraction of sp³-hybridized carbons (Fsp3) is 1.00. The number of rotatable bonds is 3. The fourth-order valence-electron chi connectivity index (χ4n) is 1.35. The van der Waals surface area contributed by atoms with Crippen LogP contribution in [0.5, 0.6) is 0 Å². The molecule has 1 unspecified atom stereocenters. The minimum absolute atomic E-state index is 0. The first-order valence-electron chi connectivity index (χ1n) is 4.17. The summed E-state index contributed by atoms with van der Waals surface area (Å²) in [5, 5.41) is 8.68. The molecular formula is C6H12BF3KNO2. The van der Waals surface area contributed by atoms with Gasteiger partial charge in [-0.2, -0.15) is 0 Å². The SMILES string of the molecule is OCC1CN(C[B-](F)(F)F)CCO1.[K+]. The Morgan fingerprint density at radius 1 is 1.43 bits per heavy atom. The molecule has 0 bridgehead atoms. The zero-order chi connectivity index (χ0) is 9.90. The molecule has 1 saturated heterocycles. The Kier molecular flexibility index (Phi) is 7.52. The van der Waals surface area contributed by atoms with Crippen LogP contribution in [0.4, 0.5) is 12.9 Å². The van der Waals surface area contributed by atoms with Gasteiger partial charge in [-0.3, -0.25) is 0 Å². The van der Waals surface area contributed by atoms with Gasteiger partial charge in [0.25, 0.3) is 0 Å². The Morgan fingerprint density at radius 3 is 2.57 bits per heavy atom. The molecule has 0 aromatic rings. The summed E-state index contributed by atoms with van der Waals surface area (Å²) in [6.45, 7) is -4.27. The van der Waals surface area contributed by atoms with Gasteiger partial charge >= 0.3 is 58.4 Å². The van der Waals surface area contributed by atoms with Crippen molar-refractivity contribution in [2.45, 2.75) is 6.10 Å². The van der Waals surface area contributed by atoms with E-state index in [0.29, 0.717) is 0 Å². The van der Waals surface area contributed by atoms with E-state index in [-0.39, 0.29) is 77.7 Å². The second-order valence-electron chi connectivity index (χ2n) is 3.15. The number of hydrogen-bond acceptors (Lipinski definition) is 3. The minimum Gasteiger partial charge on any atom is -0.448 e. The summed E-state index contributed by atoms with van der Waals surface area (Å²) in [4.78, 5) is 1.27. The molecule has 1 fully saturated rings. The first-order valence-corrected chi connectivity index (χ1v) is 4.17. The molecule has 1 heterocycles. The molecule has 1 rings (SSSR count). The molecule has 1 atom stereocenters. The third-order valence-corrected chi connectivity index (χ3v) is 1.89. The zero-order valence-electron chi connectivity index (χ0n) is 8.13. The second-order valence-corrected chi connectivity index (χ2v) is 3.15. The molecule has 0 saturated carbocycles. The third-order valence-electron chi connectivity index (χ3n) is 1.89. The van der Waals surface area contributed by atoms with Gasteiger partial charge in [0, 0.05) is 13.1 Å². The largest absolute Gasteiger partial charge is 1.00 e. The summed E-state index contributed by atoms with van der Waals surface area (Å²) >= 11 is 0. The summed E-state index contributed by atoms with van der Waals surface area (Å²) in [6.07, 6.45) is -1.33. The van der Waals surface area contributed by atoms with Gasteiger partial charge in [0.1, 0.15) is 0 Å². The van der Waals surface area contributed by atoms with Crippen LogP contribution < -0.4 is 51.4 Å². The van der Waals surface area contributed by atoms with E-state index in [1.807, 2.05) is 0 Å². The van der Waals surface area contributed by atoms with Crippen LogP contribution in [-0.4, -0.2) is 55.8 Å². The quantitative estimate of drug-likeness (QED) is 0.533. The van der Waals surface area contributed by atoms with Gasteiger partial charge in [0.05, 0.1) is 19.3 Å². The number of aliphatic hydroxyl groups excluding tert-OH is 1. The molecule has 1 N–H and O–H groups in total. The Labute approximate surface area is 123 Å². The van der Waals surface area contributed by atoms with Gasteiger partial charge in [0.15, 0.2) is 0 Å². The molecule has 0 amide bonds. The molecule has 78 valence electrons. The van der Waals surface area contributed by atoms with Crippen molar-refractivity contribution >= 4 is 6.98 Å². The van der Waals surface area contributed by atoms with Crippen molar-refractivity contribution in [1.82, 2.24) is 4.90 Å². The van der Waals surface area contributed by atoms with Crippen molar-refractivity contribution in [2.75, 3.05) is 32.7 Å². The Hall–Kier alpha value is 1.37. The number of halogens is 3. The van der Waals surface area contributed by atoms with E-state index in [0.717, 1.165) is 0 Å². The maximum absolute atomic E-state index is 12.0. The standard InChI is InChI=1S/C6H12BF3NO2.K/c8-7(9,10)5-11-1-2-13-6(3-11)4-12;/h6,12H,1-5H2;/q-1;+1. The zero-order valence-corrected chi connectivity index (χ0v) is 11.2. The first-order chi connectivity index (χ1) is 6.01. The smallest absolute Gasteiger partial charge is 0.448 e. The maximum Gasteiger partial charge on any atom is 1.00 e. The molecule has 3 nitrogen and oxygen atoms in total. The number of morpholine rings is 1. The van der Waals surface area contributed by atoms with Crippen molar-refractivity contribution in [1.29, 1.82) is 0 Å². The molecule has 1 aliphatic rings. The van der Waals surface area contributed by atoms with Crippen LogP contribution in [0.25, 0.3) is 0 Å². The van der Waals surface area contributed by atoms with Crippen molar-refractivity contribution in [3.05, 3.63) is 0 Å². The minimum atomic E-state index is -4.77. The Balaban J connectivity index is 0.00000169. The van der Waals surface area contributed by atoms with Crippen LogP contribution in [0.2, 0.25) is 0 Å². The van der Waals surface area contributed by atoms with Crippen molar-refractivity contribution in [2.24, 2.45) is 0 Å². The molecule has 1 aliphatic heterocycles. The average Bonchev–Trinajstić information content (AvgIpc) is 2.01. The van der Waals surface area contributed by atoms with Crippen molar-refractivity contribution < 1.29 is 74.2 Å². The number of aliphatic hydroxyl groups is 1. The van der Waals surface area contributed by atoms with Gasteiger partial charge in [-0.05, 0) is 6.44 Å². The molecule has 0 spiro atoms. The number of nitrogens with zero attached hydrogens (tertiary/aromatic N) is 1. The predicted octanol–water partition coefficient (Wildman–Crippen LogP) is -2.93. The van der Waals surface area contributed by atoms with Gasteiger partial charge in [-0.25, -0.2) is 0 Å². The topological polar surface area (TPSA) is 32.7 Å². The molecular weight excluding hydrogens is 225 g/mol. The normalized spacial score (nSPS) is 24.4. The molecule has 0 radical (unpaired) electrons. The Bertz CT molecular complexity index is 172. The van der Waals surface area contributed by atoms with Gasteiger partial charge < -0.3 is 27.7 Å². The molecule has 0 aromatic heterocycles. The predicted molar refractivity (Wildman–Crippen MR) is 42.3 cm³/mol. The summed E-state index contributed by atoms with van der Waals surface area (Å²) in [6, 6.07) is 0. The fourth-order valence-corrected chi connectivity index (χ4v) is 1.35. The maximum atomic E-state index is 12.0. The van der Waals surface area contributed by atoms with Gasteiger partial charge in [-0.15, -0.1) is 0 Å². The van der Waals surface area contributed by atoms with E-state index in [9.17, 15) is 12.9 Å².